The summed E-state index contributed by atoms with van der Waals surface area (Å²) in [5.74, 6) is 0.0256. The van der Waals surface area contributed by atoms with Crippen LogP contribution in [0.4, 0.5) is 12.9 Å². The molecule has 0 saturated heterocycles. The first-order chi connectivity index (χ1) is 4.45. The molecule has 1 N–H and O–H groups in total. The fourth-order valence-electron chi connectivity index (χ4n) is 0.395. The molecular weight excluding hydrogens is 167 g/mol. The number of aliphatic hydroxyl groups excluding tert-OH is 1. The number of halogens is 4. The molecule has 0 saturated carbocycles. The van der Waals surface area contributed by atoms with E-state index in [0.717, 1.165) is 0 Å². The SMILES string of the molecule is OCC/C(Cl)=C/[B-](F)(F)F. The highest BCUT2D eigenvalue weighted by Crippen LogP contribution is 2.16. The smallest absolute Gasteiger partial charge is 0.445 e. The fraction of sp³-hybridized carbons (Fsp3) is 0.500. The summed E-state index contributed by atoms with van der Waals surface area (Å²) in [6.07, 6.45) is -0.136. The van der Waals surface area contributed by atoms with Crippen molar-refractivity contribution < 1.29 is 18.1 Å². The third-order valence-electron chi connectivity index (χ3n) is 0.720. The highest BCUT2D eigenvalue weighted by atomic mass is 35.5. The molecule has 1 nitrogen and oxygen atoms in total. The van der Waals surface area contributed by atoms with Gasteiger partial charge in [0.15, 0.2) is 0 Å². The van der Waals surface area contributed by atoms with Gasteiger partial charge in [-0.15, -0.1) is 5.98 Å². The Morgan fingerprint density at radius 3 is 2.30 bits per heavy atom. The average Bonchev–Trinajstić information content (AvgIpc) is 1.59. The van der Waals surface area contributed by atoms with Gasteiger partial charge in [-0.2, -0.15) is 0 Å². The molecule has 0 aromatic rings. The van der Waals surface area contributed by atoms with Gasteiger partial charge in [0.25, 0.3) is 0 Å². The highest BCUT2D eigenvalue weighted by molar-refractivity contribution is 6.65. The summed E-state index contributed by atoms with van der Waals surface area (Å²) in [7, 11) is 0. The van der Waals surface area contributed by atoms with Gasteiger partial charge in [0.1, 0.15) is 0 Å². The largest absolute Gasteiger partial charge is 0.503 e. The lowest BCUT2D eigenvalue weighted by molar-refractivity contribution is 0.301. The van der Waals surface area contributed by atoms with E-state index in [2.05, 4.69) is 0 Å². The molecule has 0 fully saturated rings. The second-order valence-corrected chi connectivity index (χ2v) is 2.20. The number of hydrogen-bond acceptors (Lipinski definition) is 1. The molecule has 6 heteroatoms. The van der Waals surface area contributed by atoms with Gasteiger partial charge in [0.05, 0.1) is 0 Å². The second-order valence-electron chi connectivity index (χ2n) is 1.71. The average molecular weight is 173 g/mol. The molecule has 0 radical (unpaired) electrons. The van der Waals surface area contributed by atoms with Crippen LogP contribution >= 0.6 is 11.6 Å². The first kappa shape index (κ1) is 9.84. The fourth-order valence-corrected chi connectivity index (χ4v) is 0.623. The molecule has 0 bridgehead atoms. The van der Waals surface area contributed by atoms with E-state index in [0.29, 0.717) is 0 Å². The van der Waals surface area contributed by atoms with E-state index in [9.17, 15) is 12.9 Å². The molecule has 0 aliphatic carbocycles. The molecule has 60 valence electrons. The van der Waals surface area contributed by atoms with Gasteiger partial charge in [0.2, 0.25) is 0 Å². The van der Waals surface area contributed by atoms with E-state index in [1.807, 2.05) is 0 Å². The van der Waals surface area contributed by atoms with Gasteiger partial charge in [-0.1, -0.05) is 11.6 Å². The van der Waals surface area contributed by atoms with Crippen LogP contribution in [0.1, 0.15) is 6.42 Å². The zero-order chi connectivity index (χ0) is 8.20. The van der Waals surface area contributed by atoms with Crippen molar-refractivity contribution in [2.24, 2.45) is 0 Å². The Morgan fingerprint density at radius 1 is 1.50 bits per heavy atom. The van der Waals surface area contributed by atoms with E-state index < -0.39 is 6.98 Å². The van der Waals surface area contributed by atoms with E-state index in [4.69, 9.17) is 16.7 Å². The van der Waals surface area contributed by atoms with Crippen molar-refractivity contribution in [1.29, 1.82) is 0 Å². The summed E-state index contributed by atoms with van der Waals surface area (Å²) < 4.78 is 34.3. The molecule has 0 amide bonds. The monoisotopic (exact) mass is 173 g/mol. The summed E-state index contributed by atoms with van der Waals surface area (Å²) in [5.41, 5.74) is 0. The van der Waals surface area contributed by atoms with Crippen molar-refractivity contribution in [2.45, 2.75) is 6.42 Å². The first-order valence-electron chi connectivity index (χ1n) is 2.64. The van der Waals surface area contributed by atoms with Crippen LogP contribution in [0.3, 0.4) is 0 Å². The predicted molar refractivity (Wildman–Crippen MR) is 34.7 cm³/mol. The Balaban J connectivity index is 3.90. The van der Waals surface area contributed by atoms with Crippen molar-refractivity contribution in [2.75, 3.05) is 6.61 Å². The van der Waals surface area contributed by atoms with Gasteiger partial charge in [-0.25, -0.2) is 0 Å². The molecule has 0 unspecified atom stereocenters. The van der Waals surface area contributed by atoms with Crippen LogP contribution in [-0.2, 0) is 0 Å². The van der Waals surface area contributed by atoms with Crippen molar-refractivity contribution in [3.05, 3.63) is 11.0 Å². The number of rotatable bonds is 3. The zero-order valence-corrected chi connectivity index (χ0v) is 5.78. The predicted octanol–water partition coefficient (Wildman–Crippen LogP) is 1.88. The minimum atomic E-state index is -4.96. The van der Waals surface area contributed by atoms with E-state index in [1.54, 1.807) is 0 Å². The quantitative estimate of drug-likeness (QED) is 0.646. The van der Waals surface area contributed by atoms with Crippen LogP contribution in [0.2, 0.25) is 0 Å². The summed E-state index contributed by atoms with van der Waals surface area (Å²) in [6.45, 7) is -5.32. The molecule has 0 heterocycles. The Hall–Kier alpha value is -0.155. The second kappa shape index (κ2) is 3.88. The number of hydrogen-bond donors (Lipinski definition) is 1. The maximum absolute atomic E-state index is 11.4. The van der Waals surface area contributed by atoms with Gasteiger partial charge in [-0.3, -0.25) is 0 Å². The molecule has 0 atom stereocenters. The molecular formula is C4H6BClF3O-. The summed E-state index contributed by atoms with van der Waals surface area (Å²) in [4.78, 5) is 0. The maximum Gasteiger partial charge on any atom is 0.503 e. The van der Waals surface area contributed by atoms with Crippen molar-refractivity contribution in [1.82, 2.24) is 0 Å². The molecule has 10 heavy (non-hydrogen) atoms. The van der Waals surface area contributed by atoms with Crippen molar-refractivity contribution in [3.63, 3.8) is 0 Å². The normalized spacial score (nSPS) is 13.9. The molecule has 0 spiro atoms. The van der Waals surface area contributed by atoms with Crippen LogP contribution in [0.25, 0.3) is 0 Å². The highest BCUT2D eigenvalue weighted by Gasteiger charge is 2.18. The van der Waals surface area contributed by atoms with Crippen LogP contribution in [0.5, 0.6) is 0 Å². The summed E-state index contributed by atoms with van der Waals surface area (Å²) in [6, 6.07) is 0. The van der Waals surface area contributed by atoms with E-state index in [-0.39, 0.29) is 24.0 Å². The third-order valence-corrected chi connectivity index (χ3v) is 1.04. The lowest BCUT2D eigenvalue weighted by Crippen LogP contribution is -2.10. The Bertz CT molecular complexity index is 133. The van der Waals surface area contributed by atoms with Crippen LogP contribution in [0.15, 0.2) is 11.0 Å². The topological polar surface area (TPSA) is 20.2 Å². The van der Waals surface area contributed by atoms with Crippen molar-refractivity contribution in [3.8, 4) is 0 Å². The molecule has 0 aromatic carbocycles. The molecule has 0 aromatic heterocycles. The molecule has 0 rings (SSSR count). The van der Waals surface area contributed by atoms with Gasteiger partial charge in [0, 0.05) is 13.0 Å². The van der Waals surface area contributed by atoms with E-state index >= 15 is 0 Å². The van der Waals surface area contributed by atoms with Gasteiger partial charge in [-0.05, 0) is 5.03 Å². The third kappa shape index (κ3) is 5.97. The zero-order valence-electron chi connectivity index (χ0n) is 5.03. The minimum Gasteiger partial charge on any atom is -0.445 e. The maximum atomic E-state index is 11.4. The van der Waals surface area contributed by atoms with Crippen LogP contribution in [0, 0.1) is 0 Å². The summed E-state index contributed by atoms with van der Waals surface area (Å²) >= 11 is 5.06. The minimum absolute atomic E-state index is 0.0256. The molecule has 0 aliphatic heterocycles. The Labute approximate surface area is 61.5 Å². The van der Waals surface area contributed by atoms with Gasteiger partial charge < -0.3 is 18.1 Å². The van der Waals surface area contributed by atoms with Crippen molar-refractivity contribution >= 4 is 18.6 Å². The van der Waals surface area contributed by atoms with Crippen LogP contribution in [-0.4, -0.2) is 18.7 Å². The standard InChI is InChI=1S/C4H6BClF3O/c6-4(1-2-10)3-5(7,8)9/h3,10H,1-2H2/q-1/b4-3-. The lowest BCUT2D eigenvalue weighted by Gasteiger charge is -2.07. The summed E-state index contributed by atoms with van der Waals surface area (Å²) in [5, 5.41) is 7.80. The van der Waals surface area contributed by atoms with Gasteiger partial charge >= 0.3 is 6.98 Å². The molecule has 0 aliphatic rings. The number of aliphatic hydroxyl groups is 1. The van der Waals surface area contributed by atoms with E-state index in [1.165, 1.54) is 0 Å². The Morgan fingerprint density at radius 2 is 2.00 bits per heavy atom. The lowest BCUT2D eigenvalue weighted by atomic mass is 9.91. The van der Waals surface area contributed by atoms with Crippen LogP contribution < -0.4 is 0 Å². The first-order valence-corrected chi connectivity index (χ1v) is 3.01. The Kier molecular flexibility index (Phi) is 3.82.